The first-order valence-electron chi connectivity index (χ1n) is 10.3. The van der Waals surface area contributed by atoms with Gasteiger partial charge >= 0.3 is 0 Å². The minimum Gasteiger partial charge on any atom is -0.368 e. The lowest BCUT2D eigenvalue weighted by molar-refractivity contribution is -0.142. The van der Waals surface area contributed by atoms with Gasteiger partial charge in [0.25, 0.3) is 11.5 Å². The number of nitrogens with zero attached hydrogens (tertiary/aromatic N) is 3. The quantitative estimate of drug-likeness (QED) is 0.786. The Morgan fingerprint density at radius 3 is 2.54 bits per heavy atom. The first-order chi connectivity index (χ1) is 13.4. The molecule has 2 fully saturated rings. The number of likely N-dealkylation sites (tertiary alicyclic amines) is 1. The van der Waals surface area contributed by atoms with E-state index in [2.05, 4.69) is 20.8 Å². The van der Waals surface area contributed by atoms with E-state index in [4.69, 9.17) is 9.72 Å². The molecule has 0 bridgehead atoms. The van der Waals surface area contributed by atoms with Crippen LogP contribution in [-0.2, 0) is 9.53 Å². The van der Waals surface area contributed by atoms with Crippen molar-refractivity contribution in [2.75, 3.05) is 19.7 Å². The fourth-order valence-corrected chi connectivity index (χ4v) is 5.43. The van der Waals surface area contributed by atoms with Gasteiger partial charge in [-0.1, -0.05) is 13.8 Å². The molecule has 28 heavy (non-hydrogen) atoms. The van der Waals surface area contributed by atoms with E-state index in [0.29, 0.717) is 19.7 Å². The molecule has 2 aromatic rings. The summed E-state index contributed by atoms with van der Waals surface area (Å²) in [6.45, 7) is 10.3. The van der Waals surface area contributed by atoms with Crippen molar-refractivity contribution in [2.24, 2.45) is 0 Å². The second-order valence-corrected chi connectivity index (χ2v) is 9.52. The molecule has 2 saturated heterocycles. The monoisotopic (exact) mass is 403 g/mol. The average molecular weight is 404 g/mol. The number of hydrogen-bond acceptors (Lipinski definition) is 5. The first-order valence-corrected chi connectivity index (χ1v) is 11.1. The normalized spacial score (nSPS) is 21.2. The van der Waals surface area contributed by atoms with Crippen LogP contribution in [0.3, 0.4) is 0 Å². The maximum Gasteiger partial charge on any atom is 0.262 e. The summed E-state index contributed by atoms with van der Waals surface area (Å²) < 4.78 is 7.49. The van der Waals surface area contributed by atoms with Crippen molar-refractivity contribution in [3.8, 4) is 0 Å². The summed E-state index contributed by atoms with van der Waals surface area (Å²) in [7, 11) is 0. The maximum absolute atomic E-state index is 13.4. The predicted octanol–water partition coefficient (Wildman–Crippen LogP) is 3.54. The second-order valence-electron chi connectivity index (χ2n) is 8.32. The van der Waals surface area contributed by atoms with Crippen molar-refractivity contribution in [3.63, 3.8) is 0 Å². The molecule has 2 aliphatic heterocycles. The highest BCUT2D eigenvalue weighted by Crippen LogP contribution is 2.31. The Labute approximate surface area is 169 Å². The molecular weight excluding hydrogens is 374 g/mol. The minimum atomic E-state index is -0.264. The van der Waals surface area contributed by atoms with E-state index in [1.165, 1.54) is 0 Å². The number of rotatable bonds is 3. The van der Waals surface area contributed by atoms with Gasteiger partial charge in [-0.15, -0.1) is 11.3 Å². The highest BCUT2D eigenvalue weighted by molar-refractivity contribution is 7.18. The van der Waals surface area contributed by atoms with Crippen molar-refractivity contribution in [2.45, 2.75) is 71.4 Å². The van der Waals surface area contributed by atoms with E-state index in [9.17, 15) is 9.59 Å². The van der Waals surface area contributed by atoms with E-state index in [1.807, 2.05) is 16.4 Å². The number of fused-ring (bicyclic) bond motifs is 1. The molecule has 0 spiro atoms. The second kappa shape index (κ2) is 7.59. The molecule has 0 N–H and O–H groups in total. The van der Waals surface area contributed by atoms with Crippen LogP contribution >= 0.6 is 11.3 Å². The van der Waals surface area contributed by atoms with E-state index in [-0.39, 0.29) is 29.5 Å². The number of aryl methyl sites for hydroxylation is 2. The van der Waals surface area contributed by atoms with E-state index < -0.39 is 0 Å². The van der Waals surface area contributed by atoms with Gasteiger partial charge in [-0.3, -0.25) is 14.2 Å². The number of ether oxygens (including phenoxy) is 1. The summed E-state index contributed by atoms with van der Waals surface area (Å²) in [6.07, 6.45) is 3.10. The number of amides is 1. The Bertz CT molecular complexity index is 948. The Morgan fingerprint density at radius 2 is 1.93 bits per heavy atom. The fraction of sp³-hybridized carbons (Fsp3) is 0.667. The molecule has 4 rings (SSSR count). The van der Waals surface area contributed by atoms with Gasteiger partial charge in [-0.2, -0.15) is 0 Å². The third-order valence-electron chi connectivity index (χ3n) is 6.13. The summed E-state index contributed by atoms with van der Waals surface area (Å²) in [5.74, 6) is 1.15. The van der Waals surface area contributed by atoms with Gasteiger partial charge in [0, 0.05) is 36.5 Å². The van der Waals surface area contributed by atoms with Gasteiger partial charge in [-0.05, 0) is 45.1 Å². The standard InChI is InChI=1S/C21H29N3O3S/c1-12(2)18-22-19-17(13(3)14(4)28-19)21(26)24(18)15-7-9-23(10-8-15)20(25)16-6-5-11-27-16/h12,15-16H,5-11H2,1-4H3/t16-/m1/s1. The molecule has 2 aliphatic rings. The molecule has 1 atom stereocenters. The van der Waals surface area contributed by atoms with Gasteiger partial charge < -0.3 is 9.64 Å². The van der Waals surface area contributed by atoms with Gasteiger partial charge in [0.05, 0.1) is 5.39 Å². The summed E-state index contributed by atoms with van der Waals surface area (Å²) in [5, 5.41) is 0.768. The molecule has 6 nitrogen and oxygen atoms in total. The van der Waals surface area contributed by atoms with Gasteiger partial charge in [0.1, 0.15) is 16.8 Å². The van der Waals surface area contributed by atoms with Crippen molar-refractivity contribution >= 4 is 27.5 Å². The average Bonchev–Trinajstić information content (AvgIpc) is 3.30. The largest absolute Gasteiger partial charge is 0.368 e. The van der Waals surface area contributed by atoms with Crippen LogP contribution in [0.4, 0.5) is 0 Å². The Hall–Kier alpha value is -1.73. The molecule has 7 heteroatoms. The summed E-state index contributed by atoms with van der Waals surface area (Å²) >= 11 is 1.61. The lowest BCUT2D eigenvalue weighted by Crippen LogP contribution is -2.45. The van der Waals surface area contributed by atoms with Crippen LogP contribution < -0.4 is 5.56 Å². The Balaban J connectivity index is 1.63. The van der Waals surface area contributed by atoms with Crippen LogP contribution in [0.15, 0.2) is 4.79 Å². The Morgan fingerprint density at radius 1 is 1.21 bits per heavy atom. The fourth-order valence-electron chi connectivity index (χ4n) is 4.40. The topological polar surface area (TPSA) is 64.4 Å². The zero-order valence-corrected chi connectivity index (χ0v) is 18.0. The lowest BCUT2D eigenvalue weighted by Gasteiger charge is -2.35. The smallest absolute Gasteiger partial charge is 0.262 e. The van der Waals surface area contributed by atoms with Crippen LogP contribution in [0.1, 0.15) is 67.8 Å². The first kappa shape index (κ1) is 19.6. The van der Waals surface area contributed by atoms with E-state index in [0.717, 1.165) is 52.2 Å². The van der Waals surface area contributed by atoms with Gasteiger partial charge in [0.15, 0.2) is 0 Å². The van der Waals surface area contributed by atoms with Crippen molar-refractivity contribution in [1.29, 1.82) is 0 Å². The maximum atomic E-state index is 13.4. The van der Waals surface area contributed by atoms with Crippen LogP contribution in [-0.4, -0.2) is 46.2 Å². The lowest BCUT2D eigenvalue weighted by atomic mass is 10.0. The molecule has 0 saturated carbocycles. The number of thiophene rings is 1. The summed E-state index contributed by atoms with van der Waals surface area (Å²) in [5.41, 5.74) is 1.13. The highest BCUT2D eigenvalue weighted by atomic mass is 32.1. The molecule has 152 valence electrons. The van der Waals surface area contributed by atoms with Crippen LogP contribution in [0.2, 0.25) is 0 Å². The molecule has 0 aliphatic carbocycles. The van der Waals surface area contributed by atoms with Gasteiger partial charge in [0.2, 0.25) is 0 Å². The van der Waals surface area contributed by atoms with E-state index in [1.54, 1.807) is 11.3 Å². The third kappa shape index (κ3) is 3.28. The number of piperidine rings is 1. The summed E-state index contributed by atoms with van der Waals surface area (Å²) in [4.78, 5) is 34.9. The summed E-state index contributed by atoms with van der Waals surface area (Å²) in [6, 6.07) is 0.0925. The molecule has 2 aromatic heterocycles. The molecule has 0 radical (unpaired) electrons. The number of hydrogen-bond donors (Lipinski definition) is 0. The van der Waals surface area contributed by atoms with Crippen LogP contribution in [0.5, 0.6) is 0 Å². The zero-order valence-electron chi connectivity index (χ0n) is 17.2. The van der Waals surface area contributed by atoms with E-state index >= 15 is 0 Å². The van der Waals surface area contributed by atoms with Crippen molar-refractivity contribution in [1.82, 2.24) is 14.5 Å². The zero-order chi connectivity index (χ0) is 20.0. The molecule has 1 amide bonds. The number of carbonyl (C=O) groups is 1. The molecule has 4 heterocycles. The van der Waals surface area contributed by atoms with Crippen molar-refractivity contribution in [3.05, 3.63) is 26.6 Å². The van der Waals surface area contributed by atoms with Gasteiger partial charge in [-0.25, -0.2) is 4.98 Å². The van der Waals surface area contributed by atoms with Crippen LogP contribution in [0.25, 0.3) is 10.2 Å². The molecule has 0 aromatic carbocycles. The Kier molecular flexibility index (Phi) is 5.31. The minimum absolute atomic E-state index is 0.0828. The van der Waals surface area contributed by atoms with Crippen LogP contribution in [0, 0.1) is 13.8 Å². The number of carbonyl (C=O) groups excluding carboxylic acids is 1. The third-order valence-corrected chi connectivity index (χ3v) is 7.23. The molecular formula is C21H29N3O3S. The SMILES string of the molecule is Cc1sc2nc(C(C)C)n(C3CCN(C(=O)[C@H]4CCCO4)CC3)c(=O)c2c1C. The molecule has 0 unspecified atom stereocenters. The van der Waals surface area contributed by atoms with Crippen molar-refractivity contribution < 1.29 is 9.53 Å². The predicted molar refractivity (Wildman–Crippen MR) is 111 cm³/mol. The number of aromatic nitrogens is 2. The highest BCUT2D eigenvalue weighted by Gasteiger charge is 2.32.